The van der Waals surface area contributed by atoms with E-state index in [2.05, 4.69) is 0 Å². The Labute approximate surface area is 153 Å². The highest BCUT2D eigenvalue weighted by atomic mass is 35.5. The molecular formula is C15H24ClN3O3S2. The molecule has 1 unspecified atom stereocenters. The predicted molar refractivity (Wildman–Crippen MR) is 97.1 cm³/mol. The van der Waals surface area contributed by atoms with Gasteiger partial charge in [-0.05, 0) is 37.8 Å². The highest BCUT2D eigenvalue weighted by Gasteiger charge is 2.30. The monoisotopic (exact) mass is 393 g/mol. The Kier molecular flexibility index (Phi) is 6.66. The van der Waals surface area contributed by atoms with Gasteiger partial charge in [-0.2, -0.15) is 4.31 Å². The van der Waals surface area contributed by atoms with E-state index < -0.39 is 10.0 Å². The molecule has 2 fully saturated rings. The molecule has 0 bridgehead atoms. The molecule has 2 aliphatic heterocycles. The summed E-state index contributed by atoms with van der Waals surface area (Å²) in [7, 11) is -3.38. The molecule has 1 amide bonds. The topological polar surface area (TPSA) is 83.7 Å². The van der Waals surface area contributed by atoms with Gasteiger partial charge in [0.15, 0.2) is 0 Å². The van der Waals surface area contributed by atoms with Crippen molar-refractivity contribution in [3.05, 3.63) is 17.0 Å². The molecule has 0 radical (unpaired) electrons. The summed E-state index contributed by atoms with van der Waals surface area (Å²) in [6.45, 7) is 2.44. The van der Waals surface area contributed by atoms with Gasteiger partial charge in [0.25, 0.3) is 10.0 Å². The standard InChI is InChI=1S/C15H23N3O3S2.ClH/c16-11-12-4-3-9-18(12)14(19)10-13-5-6-15(22-13)23(20,21)17-7-1-2-8-17;/h5-6,12H,1-4,7-11,16H2;1H. The number of hydrogen-bond acceptors (Lipinski definition) is 5. The summed E-state index contributed by atoms with van der Waals surface area (Å²) in [6, 6.07) is 3.53. The summed E-state index contributed by atoms with van der Waals surface area (Å²) in [6.07, 6.45) is 4.06. The van der Waals surface area contributed by atoms with Crippen molar-refractivity contribution in [2.24, 2.45) is 5.73 Å². The number of likely N-dealkylation sites (tertiary alicyclic amines) is 1. The van der Waals surface area contributed by atoms with Crippen LogP contribution >= 0.6 is 23.7 Å². The van der Waals surface area contributed by atoms with E-state index in [1.54, 1.807) is 12.1 Å². The number of carbonyl (C=O) groups excluding carboxylic acids is 1. The zero-order valence-electron chi connectivity index (χ0n) is 13.5. The van der Waals surface area contributed by atoms with Gasteiger partial charge in [0, 0.05) is 37.1 Å². The smallest absolute Gasteiger partial charge is 0.252 e. The van der Waals surface area contributed by atoms with Gasteiger partial charge in [-0.1, -0.05) is 0 Å². The first-order valence-corrected chi connectivity index (χ1v) is 10.4. The van der Waals surface area contributed by atoms with Crippen LogP contribution in [-0.4, -0.2) is 55.8 Å². The van der Waals surface area contributed by atoms with E-state index in [9.17, 15) is 13.2 Å². The molecule has 2 N–H and O–H groups in total. The van der Waals surface area contributed by atoms with Crippen LogP contribution in [0.25, 0.3) is 0 Å². The van der Waals surface area contributed by atoms with Gasteiger partial charge in [-0.15, -0.1) is 23.7 Å². The van der Waals surface area contributed by atoms with Crippen molar-refractivity contribution < 1.29 is 13.2 Å². The minimum Gasteiger partial charge on any atom is -0.338 e. The Morgan fingerprint density at radius 1 is 1.21 bits per heavy atom. The van der Waals surface area contributed by atoms with E-state index in [4.69, 9.17) is 5.73 Å². The second-order valence-corrected chi connectivity index (χ2v) is 9.46. The van der Waals surface area contributed by atoms with E-state index in [1.807, 2.05) is 4.90 Å². The summed E-state index contributed by atoms with van der Waals surface area (Å²) in [5.74, 6) is 0.0462. The number of hydrogen-bond donors (Lipinski definition) is 1. The van der Waals surface area contributed by atoms with Gasteiger partial charge < -0.3 is 10.6 Å². The first-order chi connectivity index (χ1) is 11.0. The Bertz CT molecular complexity index is 671. The average Bonchev–Trinajstić information content (AvgIpc) is 3.27. The van der Waals surface area contributed by atoms with Gasteiger partial charge >= 0.3 is 0 Å². The van der Waals surface area contributed by atoms with E-state index in [0.717, 1.165) is 37.1 Å². The molecular weight excluding hydrogens is 370 g/mol. The van der Waals surface area contributed by atoms with Crippen LogP contribution in [0.3, 0.4) is 0 Å². The molecule has 1 aromatic rings. The zero-order valence-corrected chi connectivity index (χ0v) is 16.0. The second-order valence-electron chi connectivity index (χ2n) is 6.13. The van der Waals surface area contributed by atoms with Gasteiger partial charge in [-0.3, -0.25) is 4.79 Å². The van der Waals surface area contributed by atoms with Gasteiger partial charge in [-0.25, -0.2) is 8.42 Å². The van der Waals surface area contributed by atoms with Crippen LogP contribution in [0.4, 0.5) is 0 Å². The molecule has 6 nitrogen and oxygen atoms in total. The van der Waals surface area contributed by atoms with Gasteiger partial charge in [0.05, 0.1) is 6.42 Å². The van der Waals surface area contributed by atoms with Crippen molar-refractivity contribution in [1.29, 1.82) is 0 Å². The summed E-state index contributed by atoms with van der Waals surface area (Å²) >= 11 is 1.21. The van der Waals surface area contributed by atoms with E-state index in [-0.39, 0.29) is 30.8 Å². The van der Waals surface area contributed by atoms with Gasteiger partial charge in [0.1, 0.15) is 4.21 Å². The fraction of sp³-hybridized carbons (Fsp3) is 0.667. The third-order valence-corrected chi connectivity index (χ3v) is 8.04. The first-order valence-electron chi connectivity index (χ1n) is 8.11. The fourth-order valence-electron chi connectivity index (χ4n) is 3.31. The molecule has 136 valence electrons. The number of amides is 1. The molecule has 24 heavy (non-hydrogen) atoms. The Hall–Kier alpha value is -0.670. The van der Waals surface area contributed by atoms with Crippen molar-refractivity contribution in [2.45, 2.75) is 42.4 Å². The molecule has 9 heteroatoms. The summed E-state index contributed by atoms with van der Waals surface area (Å²) in [5.41, 5.74) is 5.71. The molecule has 0 saturated carbocycles. The van der Waals surface area contributed by atoms with E-state index >= 15 is 0 Å². The van der Waals surface area contributed by atoms with Crippen molar-refractivity contribution in [3.63, 3.8) is 0 Å². The third-order valence-electron chi connectivity index (χ3n) is 4.59. The number of thiophene rings is 1. The number of sulfonamides is 1. The minimum absolute atomic E-state index is 0. The quantitative estimate of drug-likeness (QED) is 0.820. The molecule has 0 aliphatic carbocycles. The maximum atomic E-state index is 12.5. The van der Waals surface area contributed by atoms with Crippen LogP contribution < -0.4 is 5.73 Å². The lowest BCUT2D eigenvalue weighted by Gasteiger charge is -2.23. The van der Waals surface area contributed by atoms with E-state index in [0.29, 0.717) is 23.8 Å². The molecule has 0 aromatic carbocycles. The number of nitrogens with two attached hydrogens (primary N) is 1. The van der Waals surface area contributed by atoms with Crippen molar-refractivity contribution >= 4 is 39.7 Å². The molecule has 1 aromatic heterocycles. The average molecular weight is 394 g/mol. The molecule has 0 spiro atoms. The van der Waals surface area contributed by atoms with Crippen LogP contribution in [0.5, 0.6) is 0 Å². The van der Waals surface area contributed by atoms with Crippen LogP contribution in [0.15, 0.2) is 16.3 Å². The Morgan fingerprint density at radius 3 is 2.58 bits per heavy atom. The van der Waals surface area contributed by atoms with Crippen molar-refractivity contribution in [3.8, 4) is 0 Å². The summed E-state index contributed by atoms with van der Waals surface area (Å²) < 4.78 is 26.9. The Morgan fingerprint density at radius 2 is 1.92 bits per heavy atom. The predicted octanol–water partition coefficient (Wildman–Crippen LogP) is 1.45. The van der Waals surface area contributed by atoms with Crippen molar-refractivity contribution in [1.82, 2.24) is 9.21 Å². The lowest BCUT2D eigenvalue weighted by Crippen LogP contribution is -2.40. The fourth-order valence-corrected chi connectivity index (χ4v) is 6.33. The maximum absolute atomic E-state index is 12.5. The highest BCUT2D eigenvalue weighted by Crippen LogP contribution is 2.28. The highest BCUT2D eigenvalue weighted by molar-refractivity contribution is 7.91. The maximum Gasteiger partial charge on any atom is 0.252 e. The van der Waals surface area contributed by atoms with Crippen LogP contribution in [-0.2, 0) is 21.2 Å². The normalized spacial score (nSPS) is 21.9. The molecule has 3 heterocycles. The SMILES string of the molecule is Cl.NCC1CCCN1C(=O)Cc1ccc(S(=O)(=O)N2CCCC2)s1. The minimum atomic E-state index is -3.38. The summed E-state index contributed by atoms with van der Waals surface area (Å²) in [5, 5.41) is 0. The zero-order chi connectivity index (χ0) is 16.4. The Balaban J connectivity index is 0.00000208. The van der Waals surface area contributed by atoms with E-state index in [1.165, 1.54) is 15.6 Å². The van der Waals surface area contributed by atoms with Crippen LogP contribution in [0.2, 0.25) is 0 Å². The number of nitrogens with zero attached hydrogens (tertiary/aromatic N) is 2. The largest absolute Gasteiger partial charge is 0.338 e. The van der Waals surface area contributed by atoms with Gasteiger partial charge in [0.2, 0.25) is 5.91 Å². The first kappa shape index (κ1) is 19.7. The molecule has 2 aliphatic rings. The lowest BCUT2D eigenvalue weighted by atomic mass is 10.2. The molecule has 2 saturated heterocycles. The van der Waals surface area contributed by atoms with Crippen molar-refractivity contribution in [2.75, 3.05) is 26.2 Å². The number of halogens is 1. The summed E-state index contributed by atoms with van der Waals surface area (Å²) in [4.78, 5) is 15.1. The van der Waals surface area contributed by atoms with Crippen LogP contribution in [0, 0.1) is 0 Å². The molecule has 3 rings (SSSR count). The molecule has 1 atom stereocenters. The van der Waals surface area contributed by atoms with Crippen LogP contribution in [0.1, 0.15) is 30.6 Å². The second kappa shape index (κ2) is 8.14. The third kappa shape index (κ3) is 3.94. The number of carbonyl (C=O) groups is 1. The number of rotatable bonds is 5. The lowest BCUT2D eigenvalue weighted by molar-refractivity contribution is -0.131.